The first kappa shape index (κ1) is 14.7. The Hall–Kier alpha value is -0.320. The lowest BCUT2D eigenvalue weighted by atomic mass is 10.4. The number of hydrogen-bond acceptors (Lipinski definition) is 3. The largest absolute Gasteiger partial charge is 0.386 e. The van der Waals surface area contributed by atoms with Crippen molar-refractivity contribution in [3.05, 3.63) is 27.8 Å². The zero-order valence-corrected chi connectivity index (χ0v) is 11.5. The van der Waals surface area contributed by atoms with Crippen LogP contribution in [0.15, 0.2) is 29.2 Å². The zero-order valence-electron chi connectivity index (χ0n) is 8.48. The molecule has 0 heterocycles. The average molecular weight is 377 g/mol. The highest BCUT2D eigenvalue weighted by Crippen LogP contribution is 2.12. The van der Waals surface area contributed by atoms with Crippen molar-refractivity contribution >= 4 is 32.6 Å². The first-order valence-corrected chi connectivity index (χ1v) is 7.10. The minimum absolute atomic E-state index is 0.0283. The summed E-state index contributed by atoms with van der Waals surface area (Å²) in [5, 5.41) is 8.80. The van der Waals surface area contributed by atoms with Crippen LogP contribution in [-0.2, 0) is 10.0 Å². The summed E-state index contributed by atoms with van der Waals surface area (Å²) in [6.07, 6.45) is -4.98. The normalized spacial score (nSPS) is 13.9. The van der Waals surface area contributed by atoms with E-state index < -0.39 is 29.1 Å². The third-order valence-corrected chi connectivity index (χ3v) is 4.06. The maximum atomic E-state index is 12.0. The number of aliphatic hydroxyl groups is 1. The summed E-state index contributed by atoms with van der Waals surface area (Å²) in [4.78, 5) is -0.0283. The molecule has 2 N–H and O–H groups in total. The van der Waals surface area contributed by atoms with Crippen molar-refractivity contribution in [3.8, 4) is 0 Å². The van der Waals surface area contributed by atoms with Crippen LogP contribution in [0.4, 0.5) is 8.78 Å². The third-order valence-electron chi connectivity index (χ3n) is 1.90. The van der Waals surface area contributed by atoms with Crippen molar-refractivity contribution in [2.24, 2.45) is 0 Å². The van der Waals surface area contributed by atoms with Gasteiger partial charge >= 0.3 is 0 Å². The summed E-state index contributed by atoms with van der Waals surface area (Å²) in [6.45, 7) is -0.716. The van der Waals surface area contributed by atoms with Crippen molar-refractivity contribution < 1.29 is 22.3 Å². The molecule has 0 saturated carbocycles. The molecule has 0 fully saturated rings. The second-order valence-electron chi connectivity index (χ2n) is 3.21. The molecule has 0 aliphatic rings. The highest BCUT2D eigenvalue weighted by atomic mass is 127. The van der Waals surface area contributed by atoms with E-state index in [-0.39, 0.29) is 4.90 Å². The monoisotopic (exact) mass is 377 g/mol. The summed E-state index contributed by atoms with van der Waals surface area (Å²) >= 11 is 2.01. The molecule has 4 nitrogen and oxygen atoms in total. The van der Waals surface area contributed by atoms with E-state index in [1.165, 1.54) is 12.1 Å². The molecule has 1 rings (SSSR count). The van der Waals surface area contributed by atoms with Crippen molar-refractivity contribution in [3.63, 3.8) is 0 Å². The van der Waals surface area contributed by atoms with Crippen molar-refractivity contribution in [2.75, 3.05) is 6.54 Å². The van der Waals surface area contributed by atoms with Crippen LogP contribution < -0.4 is 4.72 Å². The van der Waals surface area contributed by atoms with Crippen LogP contribution in [0.25, 0.3) is 0 Å². The average Bonchev–Trinajstić information content (AvgIpc) is 2.26. The predicted octanol–water partition coefficient (Wildman–Crippen LogP) is 1.20. The van der Waals surface area contributed by atoms with Crippen LogP contribution in [0.3, 0.4) is 0 Å². The van der Waals surface area contributed by atoms with Gasteiger partial charge in [0.15, 0.2) is 0 Å². The zero-order chi connectivity index (χ0) is 13.1. The van der Waals surface area contributed by atoms with E-state index in [1.54, 1.807) is 12.1 Å². The van der Waals surface area contributed by atoms with Crippen LogP contribution in [0, 0.1) is 3.57 Å². The van der Waals surface area contributed by atoms with E-state index in [9.17, 15) is 17.2 Å². The molecule has 1 unspecified atom stereocenters. The Morgan fingerprint density at radius 3 is 2.29 bits per heavy atom. The third kappa shape index (κ3) is 4.45. The Kier molecular flexibility index (Phi) is 5.22. The van der Waals surface area contributed by atoms with Gasteiger partial charge in [0, 0.05) is 10.1 Å². The molecule has 0 amide bonds. The summed E-state index contributed by atoms with van der Waals surface area (Å²) in [5.74, 6) is 0. The van der Waals surface area contributed by atoms with Gasteiger partial charge < -0.3 is 5.11 Å². The van der Waals surface area contributed by atoms with Crippen LogP contribution in [0.5, 0.6) is 0 Å². The van der Waals surface area contributed by atoms with Gasteiger partial charge in [0.1, 0.15) is 6.10 Å². The van der Waals surface area contributed by atoms with Crippen LogP contribution in [0.1, 0.15) is 0 Å². The summed E-state index contributed by atoms with van der Waals surface area (Å²) < 4.78 is 49.9. The number of sulfonamides is 1. The van der Waals surface area contributed by atoms with E-state index in [0.717, 1.165) is 3.57 Å². The number of benzene rings is 1. The number of alkyl halides is 2. The molecule has 1 aromatic rings. The van der Waals surface area contributed by atoms with Gasteiger partial charge in [-0.2, -0.15) is 0 Å². The molecule has 1 atom stereocenters. The molecule has 0 saturated heterocycles. The first-order valence-electron chi connectivity index (χ1n) is 4.54. The Morgan fingerprint density at radius 2 is 1.82 bits per heavy atom. The van der Waals surface area contributed by atoms with Gasteiger partial charge in [0.2, 0.25) is 10.0 Å². The van der Waals surface area contributed by atoms with Crippen molar-refractivity contribution in [1.29, 1.82) is 0 Å². The SMILES string of the molecule is O=S(=O)(NCC(O)C(F)F)c1ccc(I)cc1. The van der Waals surface area contributed by atoms with E-state index >= 15 is 0 Å². The summed E-state index contributed by atoms with van der Waals surface area (Å²) in [7, 11) is -3.85. The number of aliphatic hydroxyl groups excluding tert-OH is 1. The molecule has 96 valence electrons. The van der Waals surface area contributed by atoms with Gasteiger partial charge in [-0.15, -0.1) is 0 Å². The fourth-order valence-corrected chi connectivity index (χ4v) is 2.39. The molecular weight excluding hydrogens is 367 g/mol. The van der Waals surface area contributed by atoms with Gasteiger partial charge in [-0.05, 0) is 46.9 Å². The van der Waals surface area contributed by atoms with Gasteiger partial charge in [0.25, 0.3) is 6.43 Å². The van der Waals surface area contributed by atoms with Gasteiger partial charge in [0.05, 0.1) is 4.90 Å². The second-order valence-corrected chi connectivity index (χ2v) is 6.22. The lowest BCUT2D eigenvalue weighted by Crippen LogP contribution is -2.35. The topological polar surface area (TPSA) is 66.4 Å². The van der Waals surface area contributed by atoms with E-state index in [2.05, 4.69) is 0 Å². The molecule has 0 aliphatic heterocycles. The first-order chi connectivity index (χ1) is 7.83. The quantitative estimate of drug-likeness (QED) is 0.758. The van der Waals surface area contributed by atoms with Gasteiger partial charge in [-0.3, -0.25) is 0 Å². The Morgan fingerprint density at radius 1 is 1.29 bits per heavy atom. The lowest BCUT2D eigenvalue weighted by molar-refractivity contribution is -0.000451. The highest BCUT2D eigenvalue weighted by molar-refractivity contribution is 14.1. The van der Waals surface area contributed by atoms with E-state index in [4.69, 9.17) is 5.11 Å². The van der Waals surface area contributed by atoms with Crippen LogP contribution in [0.2, 0.25) is 0 Å². The minimum atomic E-state index is -3.85. The lowest BCUT2D eigenvalue weighted by Gasteiger charge is -2.11. The Balaban J connectivity index is 2.72. The number of halogens is 3. The molecule has 0 spiro atoms. The molecule has 0 aromatic heterocycles. The highest BCUT2D eigenvalue weighted by Gasteiger charge is 2.20. The molecule has 0 bridgehead atoms. The Labute approximate surface area is 111 Å². The fourth-order valence-electron chi connectivity index (χ4n) is 0.981. The molecular formula is C9H10F2INO3S. The number of nitrogens with one attached hydrogen (secondary N) is 1. The van der Waals surface area contributed by atoms with Crippen molar-refractivity contribution in [2.45, 2.75) is 17.4 Å². The van der Waals surface area contributed by atoms with Crippen molar-refractivity contribution in [1.82, 2.24) is 4.72 Å². The van der Waals surface area contributed by atoms with Crippen LogP contribution >= 0.6 is 22.6 Å². The summed E-state index contributed by atoms with van der Waals surface area (Å²) in [6, 6.07) is 5.88. The molecule has 8 heteroatoms. The number of rotatable bonds is 5. The smallest absolute Gasteiger partial charge is 0.265 e. The van der Waals surface area contributed by atoms with E-state index in [0.29, 0.717) is 0 Å². The minimum Gasteiger partial charge on any atom is -0.386 e. The summed E-state index contributed by atoms with van der Waals surface area (Å²) in [5.41, 5.74) is 0. The maximum absolute atomic E-state index is 12.0. The predicted molar refractivity (Wildman–Crippen MR) is 66.4 cm³/mol. The maximum Gasteiger partial charge on any atom is 0.265 e. The number of hydrogen-bond donors (Lipinski definition) is 2. The second kappa shape index (κ2) is 6.03. The molecule has 0 aliphatic carbocycles. The Bertz CT molecular complexity index is 464. The van der Waals surface area contributed by atoms with Gasteiger partial charge in [-0.1, -0.05) is 0 Å². The van der Waals surface area contributed by atoms with Gasteiger partial charge in [-0.25, -0.2) is 21.9 Å². The standard InChI is InChI=1S/C9H10F2INO3S/c10-9(11)8(14)5-13-17(15,16)7-3-1-6(12)2-4-7/h1-4,8-9,13-14H,5H2. The molecule has 17 heavy (non-hydrogen) atoms. The molecule has 1 aromatic carbocycles. The molecule has 0 radical (unpaired) electrons. The van der Waals surface area contributed by atoms with Crippen LogP contribution in [-0.4, -0.2) is 32.6 Å². The fraction of sp³-hybridized carbons (Fsp3) is 0.333. The van der Waals surface area contributed by atoms with E-state index in [1.807, 2.05) is 27.3 Å².